The Kier molecular flexibility index (Phi) is 2.64. The molecule has 0 aliphatic heterocycles. The predicted octanol–water partition coefficient (Wildman–Crippen LogP) is 1.68. The van der Waals surface area contributed by atoms with Gasteiger partial charge >= 0.3 is 0 Å². The Morgan fingerprint density at radius 2 is 2.36 bits per heavy atom. The smallest absolute Gasteiger partial charge is 0.100 e. The molecule has 2 nitrogen and oxygen atoms in total. The molecule has 0 radical (unpaired) electrons. The van der Waals surface area contributed by atoms with Crippen LogP contribution < -0.4 is 0 Å². The molecule has 0 aliphatic carbocycles. The molecule has 11 heavy (non-hydrogen) atoms. The molecule has 0 aliphatic rings. The van der Waals surface area contributed by atoms with Crippen LogP contribution in [-0.2, 0) is 6.54 Å². The number of thiophene rings is 1. The molecule has 1 heterocycles. The molecule has 0 fully saturated rings. The van der Waals surface area contributed by atoms with E-state index < -0.39 is 0 Å². The molecule has 1 rings (SSSR count). The molecule has 0 saturated carbocycles. The van der Waals surface area contributed by atoms with E-state index in [0.717, 1.165) is 12.1 Å². The summed E-state index contributed by atoms with van der Waals surface area (Å²) < 4.78 is 0. The van der Waals surface area contributed by atoms with Crippen LogP contribution in [0.3, 0.4) is 0 Å². The van der Waals surface area contributed by atoms with Crippen molar-refractivity contribution in [2.24, 2.45) is 0 Å². The minimum atomic E-state index is 0.770. The molecule has 0 aromatic carbocycles. The Morgan fingerprint density at radius 3 is 2.82 bits per heavy atom. The van der Waals surface area contributed by atoms with Crippen LogP contribution in [0.2, 0.25) is 0 Å². The molecule has 0 spiro atoms. The zero-order valence-corrected chi connectivity index (χ0v) is 7.48. The average molecular weight is 166 g/mol. The van der Waals surface area contributed by atoms with E-state index in [9.17, 15) is 0 Å². The number of hydrogen-bond donors (Lipinski definition) is 0. The van der Waals surface area contributed by atoms with Crippen LogP contribution in [0.4, 0.5) is 0 Å². The molecule has 0 saturated heterocycles. The maximum atomic E-state index is 8.53. The highest BCUT2D eigenvalue weighted by Gasteiger charge is 1.98. The molecule has 3 heteroatoms. The van der Waals surface area contributed by atoms with Gasteiger partial charge < -0.3 is 4.90 Å². The van der Waals surface area contributed by atoms with E-state index in [1.165, 1.54) is 4.88 Å². The van der Waals surface area contributed by atoms with Crippen molar-refractivity contribution in [3.8, 4) is 6.07 Å². The zero-order valence-electron chi connectivity index (χ0n) is 6.66. The molecular weight excluding hydrogens is 156 g/mol. The van der Waals surface area contributed by atoms with Gasteiger partial charge in [-0.05, 0) is 20.2 Å². The van der Waals surface area contributed by atoms with Crippen LogP contribution in [0.15, 0.2) is 11.4 Å². The van der Waals surface area contributed by atoms with E-state index in [1.54, 1.807) is 11.3 Å². The summed E-state index contributed by atoms with van der Waals surface area (Å²) >= 11 is 1.64. The third-order valence-electron chi connectivity index (χ3n) is 1.25. The van der Waals surface area contributed by atoms with Gasteiger partial charge in [-0.1, -0.05) is 0 Å². The van der Waals surface area contributed by atoms with E-state index in [-0.39, 0.29) is 0 Å². The minimum absolute atomic E-state index is 0.770. The Bertz CT molecular complexity index is 270. The van der Waals surface area contributed by atoms with Crippen LogP contribution in [-0.4, -0.2) is 19.0 Å². The lowest BCUT2D eigenvalue weighted by atomic mass is 10.3. The maximum absolute atomic E-state index is 8.53. The molecule has 1 aromatic heterocycles. The summed E-state index contributed by atoms with van der Waals surface area (Å²) in [6.45, 7) is 0.923. The van der Waals surface area contributed by atoms with Crippen molar-refractivity contribution in [2.75, 3.05) is 14.1 Å². The third kappa shape index (κ3) is 2.34. The minimum Gasteiger partial charge on any atom is -0.304 e. The first-order valence-electron chi connectivity index (χ1n) is 3.34. The molecule has 58 valence electrons. The zero-order chi connectivity index (χ0) is 8.27. The molecule has 0 atom stereocenters. The van der Waals surface area contributed by atoms with Gasteiger partial charge in [0.1, 0.15) is 6.07 Å². The highest BCUT2D eigenvalue weighted by Crippen LogP contribution is 2.14. The van der Waals surface area contributed by atoms with Gasteiger partial charge in [-0.3, -0.25) is 0 Å². The van der Waals surface area contributed by atoms with E-state index in [1.807, 2.05) is 25.5 Å². The summed E-state index contributed by atoms with van der Waals surface area (Å²) in [4.78, 5) is 3.33. The van der Waals surface area contributed by atoms with Crippen LogP contribution in [0.5, 0.6) is 0 Å². The fourth-order valence-electron chi connectivity index (χ4n) is 0.834. The van der Waals surface area contributed by atoms with E-state index in [2.05, 4.69) is 11.0 Å². The normalized spacial score (nSPS) is 10.0. The van der Waals surface area contributed by atoms with Crippen molar-refractivity contribution < 1.29 is 0 Å². The van der Waals surface area contributed by atoms with Crippen molar-refractivity contribution in [1.82, 2.24) is 4.90 Å². The van der Waals surface area contributed by atoms with Gasteiger partial charge in [-0.15, -0.1) is 11.3 Å². The summed E-state index contributed by atoms with van der Waals surface area (Å²) in [5.41, 5.74) is 0.770. The number of nitriles is 1. The van der Waals surface area contributed by atoms with Gasteiger partial charge in [-0.2, -0.15) is 5.26 Å². The van der Waals surface area contributed by atoms with Gasteiger partial charge in [-0.25, -0.2) is 0 Å². The first-order chi connectivity index (χ1) is 5.22. The number of rotatable bonds is 2. The lowest BCUT2D eigenvalue weighted by Crippen LogP contribution is -2.09. The molecular formula is C8H10N2S. The monoisotopic (exact) mass is 166 g/mol. The molecule has 1 aromatic rings. The van der Waals surface area contributed by atoms with Gasteiger partial charge in [0.2, 0.25) is 0 Å². The van der Waals surface area contributed by atoms with Crippen LogP contribution in [0.25, 0.3) is 0 Å². The lowest BCUT2D eigenvalue weighted by Gasteiger charge is -2.05. The van der Waals surface area contributed by atoms with Crippen molar-refractivity contribution in [3.63, 3.8) is 0 Å². The van der Waals surface area contributed by atoms with Crippen LogP contribution >= 0.6 is 11.3 Å². The van der Waals surface area contributed by atoms with Gasteiger partial charge in [0.15, 0.2) is 0 Å². The second kappa shape index (κ2) is 3.51. The largest absolute Gasteiger partial charge is 0.304 e. The van der Waals surface area contributed by atoms with Crippen molar-refractivity contribution >= 4 is 11.3 Å². The fourth-order valence-corrected chi connectivity index (χ4v) is 1.76. The molecule has 0 unspecified atom stereocenters. The molecule has 0 amide bonds. The Labute approximate surface area is 70.7 Å². The van der Waals surface area contributed by atoms with Gasteiger partial charge in [0.05, 0.1) is 5.56 Å². The lowest BCUT2D eigenvalue weighted by molar-refractivity contribution is 0.406. The average Bonchev–Trinajstić information content (AvgIpc) is 2.34. The topological polar surface area (TPSA) is 27.0 Å². The third-order valence-corrected chi connectivity index (χ3v) is 2.18. The summed E-state index contributed by atoms with van der Waals surface area (Å²) in [6.07, 6.45) is 0. The van der Waals surface area contributed by atoms with E-state index in [0.29, 0.717) is 0 Å². The summed E-state index contributed by atoms with van der Waals surface area (Å²) in [6, 6.07) is 4.05. The fraction of sp³-hybridized carbons (Fsp3) is 0.375. The Hall–Kier alpha value is -0.850. The predicted molar refractivity (Wildman–Crippen MR) is 46.4 cm³/mol. The number of hydrogen-bond acceptors (Lipinski definition) is 3. The Morgan fingerprint density at radius 1 is 1.64 bits per heavy atom. The number of nitrogens with zero attached hydrogens (tertiary/aromatic N) is 2. The SMILES string of the molecule is CN(C)Cc1cc(C#N)cs1. The quantitative estimate of drug-likeness (QED) is 0.668. The van der Waals surface area contributed by atoms with Crippen LogP contribution in [0, 0.1) is 11.3 Å². The van der Waals surface area contributed by atoms with Crippen molar-refractivity contribution in [3.05, 3.63) is 21.9 Å². The summed E-state index contributed by atoms with van der Waals surface area (Å²) in [5.74, 6) is 0. The first kappa shape index (κ1) is 8.25. The highest BCUT2D eigenvalue weighted by atomic mass is 32.1. The maximum Gasteiger partial charge on any atom is 0.100 e. The highest BCUT2D eigenvalue weighted by molar-refractivity contribution is 7.10. The van der Waals surface area contributed by atoms with Crippen molar-refractivity contribution in [1.29, 1.82) is 5.26 Å². The summed E-state index contributed by atoms with van der Waals surface area (Å²) in [5, 5.41) is 10.4. The van der Waals surface area contributed by atoms with E-state index >= 15 is 0 Å². The standard InChI is InChI=1S/C8H10N2S/c1-10(2)5-8-3-7(4-9)6-11-8/h3,6H,5H2,1-2H3. The van der Waals surface area contributed by atoms with E-state index in [4.69, 9.17) is 5.26 Å². The first-order valence-corrected chi connectivity index (χ1v) is 4.22. The van der Waals surface area contributed by atoms with Gasteiger partial charge in [0.25, 0.3) is 0 Å². The Balaban J connectivity index is 2.67. The van der Waals surface area contributed by atoms with Crippen LogP contribution in [0.1, 0.15) is 10.4 Å². The second-order valence-corrected chi connectivity index (χ2v) is 3.65. The van der Waals surface area contributed by atoms with Crippen molar-refractivity contribution in [2.45, 2.75) is 6.54 Å². The molecule has 0 N–H and O–H groups in total. The van der Waals surface area contributed by atoms with Gasteiger partial charge in [0, 0.05) is 16.8 Å². The second-order valence-electron chi connectivity index (χ2n) is 2.65. The summed E-state index contributed by atoms with van der Waals surface area (Å²) in [7, 11) is 4.04. The molecule has 0 bridgehead atoms.